The molecule has 1 aliphatic rings. The van der Waals surface area contributed by atoms with Gasteiger partial charge in [0.2, 0.25) is 0 Å². The zero-order chi connectivity index (χ0) is 14.3. The summed E-state index contributed by atoms with van der Waals surface area (Å²) < 4.78 is 5.65. The monoisotopic (exact) mass is 290 g/mol. The molecule has 4 nitrogen and oxygen atoms in total. The van der Waals surface area contributed by atoms with Gasteiger partial charge in [-0.15, -0.1) is 0 Å². The second-order valence-corrected chi connectivity index (χ2v) is 4.99. The average molecular weight is 291 g/mol. The first kappa shape index (κ1) is 13.0. The molecule has 2 aromatic carbocycles. The van der Waals surface area contributed by atoms with E-state index in [-0.39, 0.29) is 0 Å². The second-order valence-electron chi connectivity index (χ2n) is 4.55. The fourth-order valence-corrected chi connectivity index (χ4v) is 2.54. The molecule has 1 heterocycles. The molecule has 2 unspecified atom stereocenters. The summed E-state index contributed by atoms with van der Waals surface area (Å²) in [6, 6.07) is 12.3. The van der Waals surface area contributed by atoms with Crippen LogP contribution in [-0.4, -0.2) is 22.3 Å². The molecule has 0 saturated carbocycles. The molecule has 0 spiro atoms. The first-order valence-electron chi connectivity index (χ1n) is 6.04. The lowest BCUT2D eigenvalue weighted by Gasteiger charge is -2.30. The highest BCUT2D eigenvalue weighted by molar-refractivity contribution is 6.31. The van der Waals surface area contributed by atoms with E-state index in [1.807, 2.05) is 12.1 Å². The molecule has 0 aromatic heterocycles. The van der Waals surface area contributed by atoms with Crippen LogP contribution in [-0.2, 0) is 4.79 Å². The lowest BCUT2D eigenvalue weighted by atomic mass is 9.90. The third-order valence-electron chi connectivity index (χ3n) is 3.29. The highest BCUT2D eigenvalue weighted by Gasteiger charge is 2.35. The Kier molecular flexibility index (Phi) is 3.12. The highest BCUT2D eigenvalue weighted by Crippen LogP contribution is 2.44. The van der Waals surface area contributed by atoms with Crippen LogP contribution in [0.5, 0.6) is 5.75 Å². The highest BCUT2D eigenvalue weighted by atomic mass is 35.5. The molecule has 1 aliphatic heterocycles. The maximum absolute atomic E-state index is 11.0. The molecule has 2 aromatic rings. The third-order valence-corrected chi connectivity index (χ3v) is 3.53. The molecule has 3 rings (SSSR count). The number of ether oxygens (including phenoxy) is 1. The molecular weight excluding hydrogens is 280 g/mol. The summed E-state index contributed by atoms with van der Waals surface area (Å²) in [6.07, 6.45) is -2.56. The number of carbonyl (C=O) groups is 1. The van der Waals surface area contributed by atoms with Gasteiger partial charge in [0.05, 0.1) is 0 Å². The van der Waals surface area contributed by atoms with E-state index in [0.717, 1.165) is 11.1 Å². The summed E-state index contributed by atoms with van der Waals surface area (Å²) >= 11 is 5.99. The van der Waals surface area contributed by atoms with E-state index in [4.69, 9.17) is 21.4 Å². The summed E-state index contributed by atoms with van der Waals surface area (Å²) in [6.45, 7) is 0. The van der Waals surface area contributed by atoms with Crippen molar-refractivity contribution in [1.82, 2.24) is 0 Å². The Morgan fingerprint density at radius 3 is 2.70 bits per heavy atom. The van der Waals surface area contributed by atoms with Gasteiger partial charge < -0.3 is 14.9 Å². The fraction of sp³-hybridized carbons (Fsp3) is 0.133. The molecule has 20 heavy (non-hydrogen) atoms. The molecule has 0 radical (unpaired) electrons. The van der Waals surface area contributed by atoms with Gasteiger partial charge in [-0.25, -0.2) is 4.79 Å². The average Bonchev–Trinajstić information content (AvgIpc) is 2.45. The number of rotatable bonds is 2. The van der Waals surface area contributed by atoms with Crippen LogP contribution < -0.4 is 4.74 Å². The maximum Gasteiger partial charge on any atom is 0.336 e. The first-order chi connectivity index (χ1) is 9.58. The van der Waals surface area contributed by atoms with Gasteiger partial charge in [0, 0.05) is 16.1 Å². The predicted molar refractivity (Wildman–Crippen MR) is 73.9 cm³/mol. The standard InChI is InChI=1S/C15H11ClO4/c16-8-5-6-12-11(7-8)9-3-1-2-4-10(9)14(20-12)13(17)15(18)19/h1-7,13-14,17H,(H,18,19). The molecular formula is C15H11ClO4. The van der Waals surface area contributed by atoms with E-state index in [0.29, 0.717) is 16.3 Å². The van der Waals surface area contributed by atoms with Crippen molar-refractivity contribution in [3.63, 3.8) is 0 Å². The molecule has 0 amide bonds. The molecule has 0 aliphatic carbocycles. The van der Waals surface area contributed by atoms with Crippen LogP contribution >= 0.6 is 11.6 Å². The molecule has 5 heteroatoms. The minimum absolute atomic E-state index is 0.512. The normalized spacial score (nSPS) is 17.6. The zero-order valence-corrected chi connectivity index (χ0v) is 11.0. The van der Waals surface area contributed by atoms with Crippen LogP contribution in [0.3, 0.4) is 0 Å². The van der Waals surface area contributed by atoms with Crippen molar-refractivity contribution in [3.8, 4) is 16.9 Å². The Labute approximate surface area is 120 Å². The number of aliphatic hydroxyl groups is 1. The van der Waals surface area contributed by atoms with Crippen molar-refractivity contribution in [3.05, 3.63) is 53.1 Å². The third kappa shape index (κ3) is 2.03. The van der Waals surface area contributed by atoms with Crippen LogP contribution in [0, 0.1) is 0 Å². The van der Waals surface area contributed by atoms with Gasteiger partial charge >= 0.3 is 5.97 Å². The van der Waals surface area contributed by atoms with Gasteiger partial charge in [-0.2, -0.15) is 0 Å². The van der Waals surface area contributed by atoms with Crippen molar-refractivity contribution in [2.45, 2.75) is 12.2 Å². The number of aliphatic carboxylic acids is 1. The van der Waals surface area contributed by atoms with E-state index < -0.39 is 18.2 Å². The van der Waals surface area contributed by atoms with Crippen LogP contribution in [0.15, 0.2) is 42.5 Å². The van der Waals surface area contributed by atoms with Gasteiger partial charge in [-0.1, -0.05) is 35.9 Å². The topological polar surface area (TPSA) is 66.8 Å². The number of carboxylic acids is 1. The summed E-state index contributed by atoms with van der Waals surface area (Å²) in [5.41, 5.74) is 2.25. The number of benzene rings is 2. The van der Waals surface area contributed by atoms with Crippen molar-refractivity contribution in [2.24, 2.45) is 0 Å². The summed E-state index contributed by atoms with van der Waals surface area (Å²) in [5, 5.41) is 19.4. The quantitative estimate of drug-likeness (QED) is 0.892. The van der Waals surface area contributed by atoms with Crippen LogP contribution in [0.1, 0.15) is 11.7 Å². The predicted octanol–water partition coefficient (Wildman–Crippen LogP) is 2.89. The van der Waals surface area contributed by atoms with E-state index >= 15 is 0 Å². The van der Waals surface area contributed by atoms with Gasteiger partial charge in [0.1, 0.15) is 5.75 Å². The first-order valence-corrected chi connectivity index (χ1v) is 6.42. The minimum Gasteiger partial charge on any atom is -0.482 e. The lowest BCUT2D eigenvalue weighted by Crippen LogP contribution is -2.33. The zero-order valence-electron chi connectivity index (χ0n) is 10.3. The number of aliphatic hydroxyl groups excluding tert-OH is 1. The van der Waals surface area contributed by atoms with Crippen molar-refractivity contribution in [2.75, 3.05) is 0 Å². The molecule has 0 fully saturated rings. The van der Waals surface area contributed by atoms with Gasteiger partial charge in [0.25, 0.3) is 0 Å². The Bertz CT molecular complexity index is 683. The van der Waals surface area contributed by atoms with E-state index in [9.17, 15) is 9.90 Å². The van der Waals surface area contributed by atoms with Crippen LogP contribution in [0.4, 0.5) is 0 Å². The molecule has 2 N–H and O–H groups in total. The molecule has 0 saturated heterocycles. The van der Waals surface area contributed by atoms with E-state index in [1.165, 1.54) is 0 Å². The number of halogens is 1. The van der Waals surface area contributed by atoms with E-state index in [1.54, 1.807) is 30.3 Å². The maximum atomic E-state index is 11.0. The van der Waals surface area contributed by atoms with Gasteiger partial charge in [-0.05, 0) is 23.8 Å². The number of fused-ring (bicyclic) bond motifs is 3. The Morgan fingerprint density at radius 2 is 1.95 bits per heavy atom. The SMILES string of the molecule is O=C(O)C(O)C1Oc2ccc(Cl)cc2-c2ccccc21. The molecule has 0 bridgehead atoms. The smallest absolute Gasteiger partial charge is 0.336 e. The van der Waals surface area contributed by atoms with Crippen molar-refractivity contribution < 1.29 is 19.7 Å². The molecule has 2 atom stereocenters. The summed E-state index contributed by atoms with van der Waals surface area (Å²) in [4.78, 5) is 11.0. The van der Waals surface area contributed by atoms with Crippen molar-refractivity contribution >= 4 is 17.6 Å². The van der Waals surface area contributed by atoms with E-state index in [2.05, 4.69) is 0 Å². The van der Waals surface area contributed by atoms with Crippen LogP contribution in [0.25, 0.3) is 11.1 Å². The Balaban J connectivity index is 2.18. The minimum atomic E-state index is -1.63. The molecule has 102 valence electrons. The number of hydrogen-bond acceptors (Lipinski definition) is 3. The van der Waals surface area contributed by atoms with Gasteiger partial charge in [-0.3, -0.25) is 0 Å². The summed E-state index contributed by atoms with van der Waals surface area (Å²) in [5.74, 6) is -0.805. The number of carboxylic acid groups (broad SMARTS) is 1. The van der Waals surface area contributed by atoms with Gasteiger partial charge in [0.15, 0.2) is 12.2 Å². The van der Waals surface area contributed by atoms with Crippen molar-refractivity contribution in [1.29, 1.82) is 0 Å². The second kappa shape index (κ2) is 4.81. The Hall–Kier alpha value is -2.04. The largest absolute Gasteiger partial charge is 0.482 e. The fourth-order valence-electron chi connectivity index (χ4n) is 2.37. The summed E-state index contributed by atoms with van der Waals surface area (Å²) in [7, 11) is 0. The lowest BCUT2D eigenvalue weighted by molar-refractivity contribution is -0.152. The number of hydrogen-bond donors (Lipinski definition) is 2. The Morgan fingerprint density at radius 1 is 1.20 bits per heavy atom. The van der Waals surface area contributed by atoms with Crippen LogP contribution in [0.2, 0.25) is 5.02 Å².